The van der Waals surface area contributed by atoms with Gasteiger partial charge in [-0.3, -0.25) is 0 Å². The Labute approximate surface area is 204 Å². The molecule has 5 rings (SSSR count). The third-order valence-electron chi connectivity index (χ3n) is 6.32. The van der Waals surface area contributed by atoms with Crippen LogP contribution >= 0.6 is 11.6 Å². The highest BCUT2D eigenvalue weighted by molar-refractivity contribution is 6.30. The van der Waals surface area contributed by atoms with E-state index in [-0.39, 0.29) is 0 Å². The van der Waals surface area contributed by atoms with Crippen molar-refractivity contribution in [2.24, 2.45) is 0 Å². The van der Waals surface area contributed by atoms with E-state index in [1.165, 1.54) is 0 Å². The lowest BCUT2D eigenvalue weighted by Gasteiger charge is -2.37. The van der Waals surface area contributed by atoms with E-state index in [0.29, 0.717) is 11.5 Å². The molecule has 0 amide bonds. The lowest BCUT2D eigenvalue weighted by atomic mass is 10.1. The molecular weight excluding hydrogens is 450 g/mol. The standard InChI is InChI=1S/C26H28ClN5O2/c1-17-14-24(31-12-10-30(11-13-31)21-7-5-6-20(27)16-21)32-26(28-17)25(18(2)29-32)19-8-9-22(33-3)23(15-19)34-4/h5-9,14-16H,10-13H2,1-4H3. The zero-order valence-corrected chi connectivity index (χ0v) is 20.6. The fraction of sp³-hybridized carbons (Fsp3) is 0.308. The Kier molecular flexibility index (Phi) is 5.96. The molecule has 0 atom stereocenters. The second kappa shape index (κ2) is 9.06. The lowest BCUT2D eigenvalue weighted by molar-refractivity contribution is 0.355. The van der Waals surface area contributed by atoms with Crippen molar-refractivity contribution in [3.05, 3.63) is 64.9 Å². The van der Waals surface area contributed by atoms with Crippen LogP contribution in [-0.4, -0.2) is 55.0 Å². The van der Waals surface area contributed by atoms with Crippen molar-refractivity contribution in [1.82, 2.24) is 14.6 Å². The lowest BCUT2D eigenvalue weighted by Crippen LogP contribution is -2.47. The van der Waals surface area contributed by atoms with E-state index >= 15 is 0 Å². The first-order chi connectivity index (χ1) is 16.5. The number of piperazine rings is 1. The fourth-order valence-electron chi connectivity index (χ4n) is 4.65. The first kappa shape index (κ1) is 22.3. The maximum atomic E-state index is 6.20. The number of nitrogens with zero attached hydrogens (tertiary/aromatic N) is 5. The van der Waals surface area contributed by atoms with E-state index < -0.39 is 0 Å². The zero-order chi connectivity index (χ0) is 23.8. The molecule has 1 saturated heterocycles. The minimum atomic E-state index is 0.684. The number of halogens is 1. The van der Waals surface area contributed by atoms with E-state index in [1.54, 1.807) is 14.2 Å². The average molecular weight is 478 g/mol. The van der Waals surface area contributed by atoms with Crippen molar-refractivity contribution < 1.29 is 9.47 Å². The summed E-state index contributed by atoms with van der Waals surface area (Å²) in [5.74, 6) is 2.44. The maximum Gasteiger partial charge on any atom is 0.165 e. The number of ether oxygens (including phenoxy) is 2. The summed E-state index contributed by atoms with van der Waals surface area (Å²) in [5.41, 5.74) is 5.89. The Morgan fingerprint density at radius 2 is 1.59 bits per heavy atom. The van der Waals surface area contributed by atoms with Gasteiger partial charge in [0, 0.05) is 54.2 Å². The number of rotatable bonds is 5. The number of hydrogen-bond donors (Lipinski definition) is 0. The first-order valence-electron chi connectivity index (χ1n) is 11.3. The predicted molar refractivity (Wildman–Crippen MR) is 137 cm³/mol. The zero-order valence-electron chi connectivity index (χ0n) is 19.9. The molecule has 4 aromatic rings. The highest BCUT2D eigenvalue weighted by Crippen LogP contribution is 2.36. The van der Waals surface area contributed by atoms with Crippen molar-refractivity contribution in [3.63, 3.8) is 0 Å². The number of fused-ring (bicyclic) bond motifs is 1. The average Bonchev–Trinajstić information content (AvgIpc) is 3.18. The van der Waals surface area contributed by atoms with Gasteiger partial charge in [-0.1, -0.05) is 23.7 Å². The largest absolute Gasteiger partial charge is 0.493 e. The van der Waals surface area contributed by atoms with E-state index in [2.05, 4.69) is 21.9 Å². The molecule has 2 aromatic heterocycles. The molecule has 34 heavy (non-hydrogen) atoms. The van der Waals surface area contributed by atoms with E-state index in [9.17, 15) is 0 Å². The molecule has 1 aliphatic heterocycles. The van der Waals surface area contributed by atoms with Crippen LogP contribution in [0.25, 0.3) is 16.8 Å². The second-order valence-corrected chi connectivity index (χ2v) is 8.91. The van der Waals surface area contributed by atoms with Crippen LogP contribution in [0.5, 0.6) is 11.5 Å². The first-order valence-corrected chi connectivity index (χ1v) is 11.7. The Balaban J connectivity index is 1.50. The van der Waals surface area contributed by atoms with Gasteiger partial charge in [-0.15, -0.1) is 0 Å². The summed E-state index contributed by atoms with van der Waals surface area (Å²) >= 11 is 6.20. The summed E-state index contributed by atoms with van der Waals surface area (Å²) in [4.78, 5) is 9.63. The minimum absolute atomic E-state index is 0.684. The highest BCUT2D eigenvalue weighted by atomic mass is 35.5. The summed E-state index contributed by atoms with van der Waals surface area (Å²) < 4.78 is 12.9. The van der Waals surface area contributed by atoms with Gasteiger partial charge in [-0.05, 0) is 49.7 Å². The number of anilines is 2. The molecule has 0 aliphatic carbocycles. The Morgan fingerprint density at radius 1 is 0.853 bits per heavy atom. The normalized spacial score (nSPS) is 14.0. The van der Waals surface area contributed by atoms with E-state index in [0.717, 1.165) is 70.9 Å². The summed E-state index contributed by atoms with van der Waals surface area (Å²) in [7, 11) is 3.29. The molecule has 2 aromatic carbocycles. The van der Waals surface area contributed by atoms with Crippen molar-refractivity contribution in [2.75, 3.05) is 50.2 Å². The highest BCUT2D eigenvalue weighted by Gasteiger charge is 2.23. The van der Waals surface area contributed by atoms with Crippen LogP contribution < -0.4 is 19.3 Å². The number of hydrogen-bond acceptors (Lipinski definition) is 6. The van der Waals surface area contributed by atoms with Crippen LogP contribution in [0.4, 0.5) is 11.5 Å². The molecule has 0 bridgehead atoms. The SMILES string of the molecule is COc1ccc(-c2c(C)nn3c(N4CCN(c5cccc(Cl)c5)CC4)cc(C)nc23)cc1OC. The molecule has 0 unspecified atom stereocenters. The molecule has 176 valence electrons. The van der Waals surface area contributed by atoms with Crippen molar-refractivity contribution >= 4 is 28.8 Å². The van der Waals surface area contributed by atoms with Crippen molar-refractivity contribution in [2.45, 2.75) is 13.8 Å². The van der Waals surface area contributed by atoms with Crippen LogP contribution in [0.15, 0.2) is 48.5 Å². The number of aryl methyl sites for hydroxylation is 2. The summed E-state index contributed by atoms with van der Waals surface area (Å²) in [6, 6.07) is 16.1. The van der Waals surface area contributed by atoms with Crippen LogP contribution in [-0.2, 0) is 0 Å². The van der Waals surface area contributed by atoms with Crippen LogP contribution in [0.3, 0.4) is 0 Å². The molecular formula is C26H28ClN5O2. The third kappa shape index (κ3) is 4.01. The molecule has 0 N–H and O–H groups in total. The topological polar surface area (TPSA) is 55.1 Å². The van der Waals surface area contributed by atoms with Crippen LogP contribution in [0, 0.1) is 13.8 Å². The molecule has 0 spiro atoms. The smallest absolute Gasteiger partial charge is 0.165 e. The van der Waals surface area contributed by atoms with E-state index in [1.807, 2.05) is 54.8 Å². The van der Waals surface area contributed by atoms with Gasteiger partial charge in [-0.25, -0.2) is 4.98 Å². The Bertz CT molecular complexity index is 1340. The van der Waals surface area contributed by atoms with Gasteiger partial charge >= 0.3 is 0 Å². The van der Waals surface area contributed by atoms with Gasteiger partial charge in [0.1, 0.15) is 5.82 Å². The van der Waals surface area contributed by atoms with Gasteiger partial charge in [0.15, 0.2) is 17.1 Å². The van der Waals surface area contributed by atoms with Crippen molar-refractivity contribution in [3.8, 4) is 22.6 Å². The van der Waals surface area contributed by atoms with Crippen LogP contribution in [0.1, 0.15) is 11.4 Å². The molecule has 1 fully saturated rings. The number of methoxy groups -OCH3 is 2. The number of benzene rings is 2. The Morgan fingerprint density at radius 3 is 2.29 bits per heavy atom. The van der Waals surface area contributed by atoms with Gasteiger partial charge in [-0.2, -0.15) is 9.61 Å². The molecule has 8 heteroatoms. The van der Waals surface area contributed by atoms with Crippen LogP contribution in [0.2, 0.25) is 5.02 Å². The number of aromatic nitrogens is 3. The Hall–Kier alpha value is -3.45. The monoisotopic (exact) mass is 477 g/mol. The van der Waals surface area contributed by atoms with E-state index in [4.69, 9.17) is 31.2 Å². The van der Waals surface area contributed by atoms with Gasteiger partial charge in [0.2, 0.25) is 0 Å². The van der Waals surface area contributed by atoms with Gasteiger partial charge < -0.3 is 19.3 Å². The quantitative estimate of drug-likeness (QED) is 0.402. The summed E-state index contributed by atoms with van der Waals surface area (Å²) in [6.45, 7) is 7.65. The maximum absolute atomic E-state index is 6.20. The van der Waals surface area contributed by atoms with Crippen molar-refractivity contribution in [1.29, 1.82) is 0 Å². The predicted octanol–water partition coefficient (Wildman–Crippen LogP) is 5.01. The molecule has 0 radical (unpaired) electrons. The third-order valence-corrected chi connectivity index (χ3v) is 6.56. The molecule has 1 aliphatic rings. The second-order valence-electron chi connectivity index (χ2n) is 8.48. The minimum Gasteiger partial charge on any atom is -0.493 e. The van der Waals surface area contributed by atoms with Gasteiger partial charge in [0.05, 0.1) is 19.9 Å². The van der Waals surface area contributed by atoms with Gasteiger partial charge in [0.25, 0.3) is 0 Å². The molecule has 0 saturated carbocycles. The molecule has 3 heterocycles. The molecule has 7 nitrogen and oxygen atoms in total. The summed E-state index contributed by atoms with van der Waals surface area (Å²) in [6.07, 6.45) is 0. The summed E-state index contributed by atoms with van der Waals surface area (Å²) in [5, 5.41) is 5.67. The fourth-order valence-corrected chi connectivity index (χ4v) is 4.83.